The van der Waals surface area contributed by atoms with E-state index in [0.29, 0.717) is 21.3 Å². The summed E-state index contributed by atoms with van der Waals surface area (Å²) in [6, 6.07) is 12.6. The van der Waals surface area contributed by atoms with E-state index < -0.39 is 35.6 Å². The van der Waals surface area contributed by atoms with Crippen LogP contribution in [0.4, 0.5) is 5.69 Å². The summed E-state index contributed by atoms with van der Waals surface area (Å²) in [5.41, 5.74) is 1.14. The van der Waals surface area contributed by atoms with E-state index in [2.05, 4.69) is 10.6 Å². The van der Waals surface area contributed by atoms with E-state index in [4.69, 9.17) is 32.7 Å². The molecule has 3 rings (SSSR count). The van der Waals surface area contributed by atoms with Crippen LogP contribution in [0.5, 0.6) is 0 Å². The Morgan fingerprint density at radius 1 is 1.08 bits per heavy atom. The van der Waals surface area contributed by atoms with Crippen LogP contribution >= 0.6 is 35.0 Å². The average Bonchev–Trinajstić information content (AvgIpc) is 2.85. The maximum Gasteiger partial charge on any atom is 0.337 e. The van der Waals surface area contributed by atoms with Gasteiger partial charge in [0.2, 0.25) is 11.8 Å². The Hall–Kier alpha value is -3.52. The maximum atomic E-state index is 12.9. The van der Waals surface area contributed by atoms with Crippen molar-refractivity contribution in [2.24, 2.45) is 5.92 Å². The molecule has 0 unspecified atom stereocenters. The molecule has 36 heavy (non-hydrogen) atoms. The smallest absolute Gasteiger partial charge is 0.337 e. The SMILES string of the molecule is COC(=O)c1ccc([C@@H]2C(C#N)=C(SCC(=O)Nc3cc(Cl)cc(Cl)c3)NC(=O)[C@H]2C(=O)OC)cc1. The Morgan fingerprint density at radius 3 is 2.28 bits per heavy atom. The lowest BCUT2D eigenvalue weighted by Gasteiger charge is -2.31. The second-order valence-electron chi connectivity index (χ2n) is 7.43. The Morgan fingerprint density at radius 2 is 1.72 bits per heavy atom. The number of amides is 2. The first-order valence-corrected chi connectivity index (χ1v) is 12.0. The molecule has 2 N–H and O–H groups in total. The highest BCUT2D eigenvalue weighted by Gasteiger charge is 2.44. The number of nitrogens with zero attached hydrogens (tertiary/aromatic N) is 1. The predicted octanol–water partition coefficient (Wildman–Crippen LogP) is 3.89. The van der Waals surface area contributed by atoms with Gasteiger partial charge in [-0.25, -0.2) is 4.79 Å². The standard InChI is InChI=1S/C24H19Cl2N3O6S/c1-34-23(32)13-5-3-12(4-6-13)19-17(10-27)22(29-21(31)20(19)24(33)35-2)36-11-18(30)28-16-8-14(25)7-15(26)9-16/h3-9,19-20H,11H2,1-2H3,(H,28,30)(H,29,31)/t19-,20+/m1/s1. The molecule has 0 fully saturated rings. The number of hydrogen-bond donors (Lipinski definition) is 2. The molecule has 0 radical (unpaired) electrons. The van der Waals surface area contributed by atoms with Crippen molar-refractivity contribution in [3.8, 4) is 6.07 Å². The lowest BCUT2D eigenvalue weighted by molar-refractivity contribution is -0.150. The average molecular weight is 548 g/mol. The fourth-order valence-corrected chi connectivity index (χ4v) is 4.96. The molecule has 2 aromatic rings. The molecular formula is C24H19Cl2N3O6S. The monoisotopic (exact) mass is 547 g/mol. The van der Waals surface area contributed by atoms with Crippen LogP contribution in [-0.2, 0) is 23.9 Å². The summed E-state index contributed by atoms with van der Waals surface area (Å²) in [7, 11) is 2.38. The van der Waals surface area contributed by atoms with Gasteiger partial charge in [0.25, 0.3) is 0 Å². The number of esters is 2. The molecule has 186 valence electrons. The van der Waals surface area contributed by atoms with Crippen molar-refractivity contribution in [3.05, 3.63) is 74.2 Å². The molecule has 9 nitrogen and oxygen atoms in total. The van der Waals surface area contributed by atoms with Gasteiger partial charge in [0, 0.05) is 21.7 Å². The van der Waals surface area contributed by atoms with Crippen LogP contribution in [0, 0.1) is 17.2 Å². The molecule has 0 saturated heterocycles. The first-order chi connectivity index (χ1) is 17.2. The van der Waals surface area contributed by atoms with E-state index in [1.54, 1.807) is 0 Å². The van der Waals surface area contributed by atoms with Crippen LogP contribution in [-0.4, -0.2) is 43.7 Å². The Balaban J connectivity index is 1.91. The normalized spacial score (nSPS) is 17.0. The first kappa shape index (κ1) is 27.1. The molecule has 0 aliphatic carbocycles. The zero-order valence-corrected chi connectivity index (χ0v) is 21.3. The number of thioether (sulfide) groups is 1. The van der Waals surface area contributed by atoms with Crippen molar-refractivity contribution in [1.82, 2.24) is 5.32 Å². The molecule has 2 atom stereocenters. The van der Waals surface area contributed by atoms with E-state index in [-0.39, 0.29) is 21.9 Å². The van der Waals surface area contributed by atoms with Gasteiger partial charge in [-0.15, -0.1) is 0 Å². The number of anilines is 1. The summed E-state index contributed by atoms with van der Waals surface area (Å²) in [4.78, 5) is 49.7. The van der Waals surface area contributed by atoms with Crippen LogP contribution in [0.25, 0.3) is 0 Å². The minimum absolute atomic E-state index is 0.0689. The highest BCUT2D eigenvalue weighted by atomic mass is 35.5. The fraction of sp³-hybridized carbons (Fsp3) is 0.208. The van der Waals surface area contributed by atoms with Gasteiger partial charge in [-0.1, -0.05) is 47.1 Å². The number of rotatable bonds is 7. The number of methoxy groups -OCH3 is 2. The highest BCUT2D eigenvalue weighted by Crippen LogP contribution is 2.40. The summed E-state index contributed by atoms with van der Waals surface area (Å²) in [6.07, 6.45) is 0. The number of carbonyl (C=O) groups is 4. The van der Waals surface area contributed by atoms with Gasteiger partial charge in [-0.05, 0) is 35.9 Å². The Bertz CT molecular complexity index is 1270. The van der Waals surface area contributed by atoms with Crippen LogP contribution in [0.1, 0.15) is 21.8 Å². The molecule has 1 aliphatic heterocycles. The number of halogens is 2. The van der Waals surface area contributed by atoms with Crippen molar-refractivity contribution in [1.29, 1.82) is 5.26 Å². The zero-order chi connectivity index (χ0) is 26.4. The van der Waals surface area contributed by atoms with Crippen molar-refractivity contribution in [2.45, 2.75) is 5.92 Å². The fourth-order valence-electron chi connectivity index (χ4n) is 3.58. The minimum atomic E-state index is -1.35. The Kier molecular flexibility index (Phi) is 8.98. The molecule has 0 spiro atoms. The third-order valence-electron chi connectivity index (χ3n) is 5.17. The van der Waals surface area contributed by atoms with Gasteiger partial charge >= 0.3 is 11.9 Å². The molecule has 0 bridgehead atoms. The van der Waals surface area contributed by atoms with E-state index in [1.165, 1.54) is 49.6 Å². The topological polar surface area (TPSA) is 135 Å². The zero-order valence-electron chi connectivity index (χ0n) is 19.0. The quantitative estimate of drug-likeness (QED) is 0.393. The maximum absolute atomic E-state index is 12.9. The molecule has 2 amide bonds. The van der Waals surface area contributed by atoms with Gasteiger partial charge < -0.3 is 20.1 Å². The Labute approximate surface area is 220 Å². The molecule has 2 aromatic carbocycles. The summed E-state index contributed by atoms with van der Waals surface area (Å²) in [5, 5.41) is 16.0. The summed E-state index contributed by atoms with van der Waals surface area (Å²) in [5.74, 6) is -5.03. The minimum Gasteiger partial charge on any atom is -0.468 e. The number of allylic oxidation sites excluding steroid dienone is 1. The van der Waals surface area contributed by atoms with Crippen LogP contribution in [0.3, 0.4) is 0 Å². The summed E-state index contributed by atoms with van der Waals surface area (Å²) >= 11 is 12.8. The second-order valence-corrected chi connectivity index (χ2v) is 9.29. The number of benzene rings is 2. The van der Waals surface area contributed by atoms with E-state index in [0.717, 1.165) is 18.9 Å². The lowest BCUT2D eigenvalue weighted by atomic mass is 9.78. The van der Waals surface area contributed by atoms with Crippen molar-refractivity contribution in [3.63, 3.8) is 0 Å². The molecule has 1 aliphatic rings. The molecule has 0 saturated carbocycles. The molecular weight excluding hydrogens is 529 g/mol. The third-order valence-corrected chi connectivity index (χ3v) is 6.62. The van der Waals surface area contributed by atoms with Crippen molar-refractivity contribution >= 4 is 64.4 Å². The van der Waals surface area contributed by atoms with E-state index in [1.807, 2.05) is 6.07 Å². The number of carbonyl (C=O) groups excluding carboxylic acids is 4. The van der Waals surface area contributed by atoms with Gasteiger partial charge in [0.15, 0.2) is 0 Å². The predicted molar refractivity (Wildman–Crippen MR) is 134 cm³/mol. The number of nitrogens with one attached hydrogen (secondary N) is 2. The lowest BCUT2D eigenvalue weighted by Crippen LogP contribution is -2.44. The third kappa shape index (κ3) is 6.18. The molecule has 1 heterocycles. The number of ether oxygens (including phenoxy) is 2. The van der Waals surface area contributed by atoms with Crippen LogP contribution < -0.4 is 10.6 Å². The molecule has 12 heteroatoms. The van der Waals surface area contributed by atoms with Crippen LogP contribution in [0.15, 0.2) is 53.1 Å². The van der Waals surface area contributed by atoms with E-state index in [9.17, 15) is 24.4 Å². The number of nitriles is 1. The largest absolute Gasteiger partial charge is 0.468 e. The van der Waals surface area contributed by atoms with Gasteiger partial charge in [0.1, 0.15) is 5.92 Å². The van der Waals surface area contributed by atoms with Gasteiger partial charge in [-0.2, -0.15) is 5.26 Å². The summed E-state index contributed by atoms with van der Waals surface area (Å²) < 4.78 is 9.49. The van der Waals surface area contributed by atoms with Gasteiger partial charge in [-0.3, -0.25) is 14.4 Å². The van der Waals surface area contributed by atoms with Gasteiger partial charge in [0.05, 0.1) is 42.2 Å². The second kappa shape index (κ2) is 11.9. The van der Waals surface area contributed by atoms with E-state index >= 15 is 0 Å². The van der Waals surface area contributed by atoms with Crippen molar-refractivity contribution in [2.75, 3.05) is 25.3 Å². The highest BCUT2D eigenvalue weighted by molar-refractivity contribution is 8.03. The number of hydrogen-bond acceptors (Lipinski definition) is 8. The summed E-state index contributed by atoms with van der Waals surface area (Å²) in [6.45, 7) is 0. The first-order valence-electron chi connectivity index (χ1n) is 10.3. The van der Waals surface area contributed by atoms with Crippen LogP contribution in [0.2, 0.25) is 10.0 Å². The van der Waals surface area contributed by atoms with Crippen molar-refractivity contribution < 1.29 is 28.7 Å². The molecule has 0 aromatic heterocycles.